The van der Waals surface area contributed by atoms with E-state index in [0.29, 0.717) is 24.2 Å². The Hall–Kier alpha value is -3.26. The van der Waals surface area contributed by atoms with E-state index in [1.54, 1.807) is 25.1 Å². The Bertz CT molecular complexity index is 1180. The fourth-order valence-electron chi connectivity index (χ4n) is 3.05. The van der Waals surface area contributed by atoms with Crippen LogP contribution in [-0.2, 0) is 26.7 Å². The van der Waals surface area contributed by atoms with Gasteiger partial charge in [0.2, 0.25) is 11.9 Å². The number of benzene rings is 2. The predicted octanol–water partition coefficient (Wildman–Crippen LogP) is 4.45. The minimum absolute atomic E-state index is 0.0120. The number of aromatic nitrogens is 2. The van der Waals surface area contributed by atoms with Gasteiger partial charge in [-0.25, -0.2) is 23.1 Å². The summed E-state index contributed by atoms with van der Waals surface area (Å²) in [6.45, 7) is 8.24. The SMILES string of the molecule is Cc1ccnc(NS(=O)(=O)c2ccc(NC(=O)CCc3ccc(C(C)(C)C)cc3)cc2)n1. The summed E-state index contributed by atoms with van der Waals surface area (Å²) < 4.78 is 27.4. The standard InChI is InChI=1S/C24H28N4O3S/c1-17-15-16-25-23(26-17)28-32(30,31)21-12-10-20(11-13-21)27-22(29)14-7-18-5-8-19(9-6-18)24(2,3)4/h5-6,8-13,15-16H,7,14H2,1-4H3,(H,27,29)(H,25,26,28). The van der Waals surface area contributed by atoms with E-state index < -0.39 is 10.0 Å². The number of rotatable bonds is 7. The number of hydrogen-bond acceptors (Lipinski definition) is 5. The van der Waals surface area contributed by atoms with Crippen molar-refractivity contribution in [2.24, 2.45) is 0 Å². The minimum atomic E-state index is -3.82. The Morgan fingerprint density at radius 3 is 2.22 bits per heavy atom. The first-order chi connectivity index (χ1) is 15.0. The summed E-state index contributed by atoms with van der Waals surface area (Å²) in [5.41, 5.74) is 3.63. The molecule has 0 bridgehead atoms. The fraction of sp³-hybridized carbons (Fsp3) is 0.292. The normalized spacial score (nSPS) is 11.8. The Labute approximate surface area is 189 Å². The number of anilines is 2. The highest BCUT2D eigenvalue weighted by molar-refractivity contribution is 7.92. The Balaban J connectivity index is 1.56. The van der Waals surface area contributed by atoms with Gasteiger partial charge in [0.05, 0.1) is 4.90 Å². The van der Waals surface area contributed by atoms with Crippen LogP contribution >= 0.6 is 0 Å². The molecule has 8 heteroatoms. The predicted molar refractivity (Wildman–Crippen MR) is 126 cm³/mol. The second-order valence-corrected chi connectivity index (χ2v) is 10.3. The topological polar surface area (TPSA) is 101 Å². The highest BCUT2D eigenvalue weighted by Crippen LogP contribution is 2.22. The highest BCUT2D eigenvalue weighted by Gasteiger charge is 2.16. The molecule has 1 aromatic heterocycles. The average Bonchev–Trinajstić information content (AvgIpc) is 2.72. The zero-order valence-electron chi connectivity index (χ0n) is 18.7. The van der Waals surface area contributed by atoms with Crippen molar-refractivity contribution in [1.29, 1.82) is 0 Å². The van der Waals surface area contributed by atoms with Gasteiger partial charge in [-0.15, -0.1) is 0 Å². The molecule has 0 radical (unpaired) electrons. The zero-order valence-corrected chi connectivity index (χ0v) is 19.5. The number of aryl methyl sites for hydroxylation is 2. The van der Waals surface area contributed by atoms with Gasteiger partial charge in [0.1, 0.15) is 0 Å². The van der Waals surface area contributed by atoms with Crippen molar-refractivity contribution in [3.8, 4) is 0 Å². The maximum Gasteiger partial charge on any atom is 0.264 e. The number of sulfonamides is 1. The fourth-order valence-corrected chi connectivity index (χ4v) is 4.00. The summed E-state index contributed by atoms with van der Waals surface area (Å²) in [7, 11) is -3.82. The van der Waals surface area contributed by atoms with Gasteiger partial charge in [-0.3, -0.25) is 4.79 Å². The van der Waals surface area contributed by atoms with Gasteiger partial charge < -0.3 is 5.32 Å². The zero-order chi connectivity index (χ0) is 23.4. The van der Waals surface area contributed by atoms with E-state index >= 15 is 0 Å². The Morgan fingerprint density at radius 2 is 1.62 bits per heavy atom. The smallest absolute Gasteiger partial charge is 0.264 e. The number of hydrogen-bond donors (Lipinski definition) is 2. The molecule has 0 atom stereocenters. The number of amides is 1. The van der Waals surface area contributed by atoms with Gasteiger partial charge >= 0.3 is 0 Å². The summed E-state index contributed by atoms with van der Waals surface area (Å²) in [6.07, 6.45) is 2.45. The summed E-state index contributed by atoms with van der Waals surface area (Å²) in [5.74, 6) is -0.121. The molecule has 0 spiro atoms. The average molecular weight is 453 g/mol. The molecule has 1 heterocycles. The molecular formula is C24H28N4O3S. The second-order valence-electron chi connectivity index (χ2n) is 8.65. The first-order valence-corrected chi connectivity index (χ1v) is 11.8. The lowest BCUT2D eigenvalue weighted by Gasteiger charge is -2.19. The molecule has 7 nitrogen and oxygen atoms in total. The van der Waals surface area contributed by atoms with E-state index in [9.17, 15) is 13.2 Å². The first-order valence-electron chi connectivity index (χ1n) is 10.3. The van der Waals surface area contributed by atoms with Crippen LogP contribution in [0.2, 0.25) is 0 Å². The highest BCUT2D eigenvalue weighted by atomic mass is 32.2. The van der Waals surface area contributed by atoms with E-state index in [-0.39, 0.29) is 22.2 Å². The molecule has 0 aliphatic carbocycles. The van der Waals surface area contributed by atoms with Crippen LogP contribution in [0.1, 0.15) is 44.0 Å². The van der Waals surface area contributed by atoms with E-state index in [0.717, 1.165) is 5.56 Å². The summed E-state index contributed by atoms with van der Waals surface area (Å²) in [5, 5.41) is 2.80. The van der Waals surface area contributed by atoms with Crippen molar-refractivity contribution in [3.63, 3.8) is 0 Å². The lowest BCUT2D eigenvalue weighted by molar-refractivity contribution is -0.116. The van der Waals surface area contributed by atoms with Crippen LogP contribution in [0.25, 0.3) is 0 Å². The van der Waals surface area contributed by atoms with Crippen LogP contribution in [0, 0.1) is 6.92 Å². The van der Waals surface area contributed by atoms with Gasteiger partial charge in [0.25, 0.3) is 10.0 Å². The number of nitrogens with one attached hydrogen (secondary N) is 2. The summed E-state index contributed by atoms with van der Waals surface area (Å²) >= 11 is 0. The third kappa shape index (κ3) is 6.37. The van der Waals surface area contributed by atoms with Crippen molar-refractivity contribution >= 4 is 27.6 Å². The number of carbonyl (C=O) groups excluding carboxylic acids is 1. The Morgan fingerprint density at radius 1 is 0.969 bits per heavy atom. The molecule has 0 saturated carbocycles. The number of carbonyl (C=O) groups is 1. The molecule has 0 aliphatic heterocycles. The van der Waals surface area contributed by atoms with E-state index in [1.165, 1.54) is 23.9 Å². The van der Waals surface area contributed by atoms with Gasteiger partial charge in [-0.1, -0.05) is 45.0 Å². The van der Waals surface area contributed by atoms with Crippen LogP contribution in [0.5, 0.6) is 0 Å². The molecule has 3 aromatic rings. The Kier molecular flexibility index (Phi) is 6.93. The van der Waals surface area contributed by atoms with Crippen LogP contribution < -0.4 is 10.0 Å². The lowest BCUT2D eigenvalue weighted by atomic mass is 9.86. The molecule has 2 N–H and O–H groups in total. The van der Waals surface area contributed by atoms with Crippen LogP contribution in [0.4, 0.5) is 11.6 Å². The molecule has 2 aromatic carbocycles. The second kappa shape index (κ2) is 9.48. The molecule has 168 valence electrons. The lowest BCUT2D eigenvalue weighted by Crippen LogP contribution is -2.16. The van der Waals surface area contributed by atoms with Crippen molar-refractivity contribution in [2.45, 2.75) is 50.8 Å². The molecule has 0 unspecified atom stereocenters. The maximum atomic E-state index is 12.5. The number of nitrogens with zero attached hydrogens (tertiary/aromatic N) is 2. The van der Waals surface area contributed by atoms with E-state index in [4.69, 9.17) is 0 Å². The monoisotopic (exact) mass is 452 g/mol. The molecule has 0 aliphatic rings. The minimum Gasteiger partial charge on any atom is -0.326 e. The van der Waals surface area contributed by atoms with Crippen LogP contribution in [0.3, 0.4) is 0 Å². The van der Waals surface area contributed by atoms with E-state index in [1.807, 2.05) is 0 Å². The summed E-state index contributed by atoms with van der Waals surface area (Å²) in [6, 6.07) is 16.0. The first kappa shape index (κ1) is 23.4. The third-order valence-corrected chi connectivity index (χ3v) is 6.27. The molecular weight excluding hydrogens is 424 g/mol. The van der Waals surface area contributed by atoms with Gasteiger partial charge in [0, 0.05) is 24.0 Å². The van der Waals surface area contributed by atoms with Crippen molar-refractivity contribution in [1.82, 2.24) is 9.97 Å². The van der Waals surface area contributed by atoms with Crippen molar-refractivity contribution < 1.29 is 13.2 Å². The van der Waals surface area contributed by atoms with Crippen molar-refractivity contribution in [2.75, 3.05) is 10.0 Å². The molecule has 1 amide bonds. The molecule has 32 heavy (non-hydrogen) atoms. The van der Waals surface area contributed by atoms with Crippen molar-refractivity contribution in [3.05, 3.63) is 77.6 Å². The van der Waals surface area contributed by atoms with Gasteiger partial charge in [-0.2, -0.15) is 0 Å². The van der Waals surface area contributed by atoms with Gasteiger partial charge in [-0.05, 0) is 60.2 Å². The quantitative estimate of drug-likeness (QED) is 0.551. The molecule has 3 rings (SSSR count). The molecule has 0 fully saturated rings. The van der Waals surface area contributed by atoms with Crippen LogP contribution in [-0.4, -0.2) is 24.3 Å². The summed E-state index contributed by atoms with van der Waals surface area (Å²) in [4.78, 5) is 20.3. The largest absolute Gasteiger partial charge is 0.326 e. The molecule has 0 saturated heterocycles. The third-order valence-electron chi connectivity index (χ3n) is 4.93. The maximum absolute atomic E-state index is 12.5. The van der Waals surface area contributed by atoms with Gasteiger partial charge in [0.15, 0.2) is 0 Å². The van der Waals surface area contributed by atoms with Crippen LogP contribution in [0.15, 0.2) is 65.7 Å². The van der Waals surface area contributed by atoms with E-state index in [2.05, 4.69) is 65.0 Å².